The summed E-state index contributed by atoms with van der Waals surface area (Å²) < 4.78 is 10.0. The highest BCUT2D eigenvalue weighted by Crippen LogP contribution is 2.19. The van der Waals surface area contributed by atoms with Gasteiger partial charge in [-0.1, -0.05) is 11.6 Å². The van der Waals surface area contributed by atoms with Crippen molar-refractivity contribution in [2.24, 2.45) is 0 Å². The quantitative estimate of drug-likeness (QED) is 0.775. The van der Waals surface area contributed by atoms with E-state index < -0.39 is 5.56 Å². The highest BCUT2D eigenvalue weighted by molar-refractivity contribution is 6.32. The molecule has 0 radical (unpaired) electrons. The average molecular weight is 262 g/mol. The second-order valence-electron chi connectivity index (χ2n) is 3.37. The first-order valence-electron chi connectivity index (χ1n) is 5.16. The van der Waals surface area contributed by atoms with Gasteiger partial charge in [0, 0.05) is 27.3 Å². The first-order chi connectivity index (χ1) is 8.20. The largest absolute Gasteiger partial charge is 0.383 e. The van der Waals surface area contributed by atoms with Crippen molar-refractivity contribution >= 4 is 17.3 Å². The van der Waals surface area contributed by atoms with Gasteiger partial charge in [-0.05, 0) is 0 Å². The minimum absolute atomic E-state index is 0.132. The maximum atomic E-state index is 11.4. The van der Waals surface area contributed by atoms with Gasteiger partial charge in [0.25, 0.3) is 5.56 Å². The molecule has 7 heteroatoms. The second kappa shape index (κ2) is 7.26. The Kier molecular flexibility index (Phi) is 5.96. The molecule has 0 bridgehead atoms. The zero-order chi connectivity index (χ0) is 12.7. The molecule has 1 heterocycles. The van der Waals surface area contributed by atoms with Crippen LogP contribution in [0.15, 0.2) is 11.0 Å². The fourth-order valence-electron chi connectivity index (χ4n) is 1.35. The smallest absolute Gasteiger partial charge is 0.285 e. The van der Waals surface area contributed by atoms with Crippen molar-refractivity contribution < 1.29 is 9.47 Å². The molecular formula is C10H16ClN3O3. The van der Waals surface area contributed by atoms with Gasteiger partial charge in [0.05, 0.1) is 25.1 Å². The fourth-order valence-corrected chi connectivity index (χ4v) is 1.56. The van der Waals surface area contributed by atoms with E-state index in [0.717, 1.165) is 0 Å². The van der Waals surface area contributed by atoms with E-state index in [2.05, 4.69) is 10.2 Å². The molecule has 17 heavy (non-hydrogen) atoms. The van der Waals surface area contributed by atoms with E-state index in [1.54, 1.807) is 14.2 Å². The summed E-state index contributed by atoms with van der Waals surface area (Å²) >= 11 is 5.94. The average Bonchev–Trinajstić information content (AvgIpc) is 2.34. The number of nitrogens with zero attached hydrogens (tertiary/aromatic N) is 2. The Hall–Kier alpha value is -1.11. The molecule has 1 aromatic heterocycles. The van der Waals surface area contributed by atoms with E-state index in [4.69, 9.17) is 21.1 Å². The van der Waals surface area contributed by atoms with Crippen molar-refractivity contribution in [3.63, 3.8) is 0 Å². The number of aromatic nitrogens is 2. The molecular weight excluding hydrogens is 246 g/mol. The van der Waals surface area contributed by atoms with Gasteiger partial charge in [0.2, 0.25) is 0 Å². The standard InChI is InChI=1S/C10H16ClN3O3/c1-16-5-3-14(4-6-17-2)8-7-12-13-10(15)9(8)11/h7H,3-6H2,1-2H3,(H,13,15). The summed E-state index contributed by atoms with van der Waals surface area (Å²) in [5, 5.41) is 6.15. The van der Waals surface area contributed by atoms with E-state index in [0.29, 0.717) is 32.0 Å². The van der Waals surface area contributed by atoms with Gasteiger partial charge in [0.1, 0.15) is 5.02 Å². The number of methoxy groups -OCH3 is 2. The third-order valence-electron chi connectivity index (χ3n) is 2.25. The zero-order valence-corrected chi connectivity index (χ0v) is 10.7. The number of halogens is 1. The number of hydrogen-bond acceptors (Lipinski definition) is 5. The lowest BCUT2D eigenvalue weighted by molar-refractivity contribution is 0.190. The Morgan fingerprint density at radius 2 is 1.94 bits per heavy atom. The first-order valence-corrected chi connectivity index (χ1v) is 5.54. The molecule has 0 aliphatic rings. The third kappa shape index (κ3) is 3.99. The molecule has 0 aromatic carbocycles. The minimum Gasteiger partial charge on any atom is -0.383 e. The van der Waals surface area contributed by atoms with Crippen LogP contribution in [0, 0.1) is 0 Å². The van der Waals surface area contributed by atoms with Gasteiger partial charge in [-0.15, -0.1) is 0 Å². The molecule has 0 atom stereocenters. The summed E-state index contributed by atoms with van der Waals surface area (Å²) in [6.45, 7) is 2.30. The van der Waals surface area contributed by atoms with Crippen LogP contribution in [0.1, 0.15) is 0 Å². The number of H-pyrrole nitrogens is 1. The lowest BCUT2D eigenvalue weighted by Gasteiger charge is -2.24. The number of anilines is 1. The summed E-state index contributed by atoms with van der Waals surface area (Å²) in [4.78, 5) is 13.3. The highest BCUT2D eigenvalue weighted by Gasteiger charge is 2.12. The van der Waals surface area contributed by atoms with Crippen LogP contribution in [-0.2, 0) is 9.47 Å². The Labute approximate surface area is 104 Å². The van der Waals surface area contributed by atoms with Gasteiger partial charge in [-0.3, -0.25) is 4.79 Å². The van der Waals surface area contributed by atoms with Gasteiger partial charge in [-0.2, -0.15) is 5.10 Å². The van der Waals surface area contributed by atoms with Crippen molar-refractivity contribution in [3.05, 3.63) is 21.6 Å². The predicted octanol–water partition coefficient (Wildman–Crippen LogP) is 0.522. The van der Waals surface area contributed by atoms with Crippen LogP contribution in [0.2, 0.25) is 5.02 Å². The molecule has 1 N–H and O–H groups in total. The monoisotopic (exact) mass is 261 g/mol. The third-order valence-corrected chi connectivity index (χ3v) is 2.61. The number of nitrogens with one attached hydrogen (secondary N) is 1. The van der Waals surface area contributed by atoms with Gasteiger partial charge in [0.15, 0.2) is 0 Å². The van der Waals surface area contributed by atoms with E-state index in [-0.39, 0.29) is 5.02 Å². The van der Waals surface area contributed by atoms with Crippen molar-refractivity contribution in [2.45, 2.75) is 0 Å². The molecule has 0 saturated heterocycles. The van der Waals surface area contributed by atoms with Crippen molar-refractivity contribution in [1.82, 2.24) is 10.2 Å². The summed E-state index contributed by atoms with van der Waals surface area (Å²) in [5.41, 5.74) is 0.188. The second-order valence-corrected chi connectivity index (χ2v) is 3.75. The molecule has 0 unspecified atom stereocenters. The zero-order valence-electron chi connectivity index (χ0n) is 9.90. The molecule has 96 valence electrons. The Bertz CT molecular complexity index is 389. The maximum absolute atomic E-state index is 11.4. The SMILES string of the molecule is COCCN(CCOC)c1cn[nH]c(=O)c1Cl. The number of hydrogen-bond donors (Lipinski definition) is 1. The van der Waals surface area contributed by atoms with Crippen LogP contribution in [-0.4, -0.2) is 50.7 Å². The Morgan fingerprint density at radius 1 is 1.35 bits per heavy atom. The molecule has 0 amide bonds. The van der Waals surface area contributed by atoms with Crippen LogP contribution in [0.4, 0.5) is 5.69 Å². The van der Waals surface area contributed by atoms with E-state index in [9.17, 15) is 4.79 Å². The van der Waals surface area contributed by atoms with Crippen molar-refractivity contribution in [1.29, 1.82) is 0 Å². The molecule has 0 fully saturated rings. The summed E-state index contributed by atoms with van der Waals surface area (Å²) in [7, 11) is 3.23. The minimum atomic E-state index is -0.399. The first kappa shape index (κ1) is 14.0. The summed E-state index contributed by atoms with van der Waals surface area (Å²) in [6, 6.07) is 0. The topological polar surface area (TPSA) is 67.5 Å². The van der Waals surface area contributed by atoms with Gasteiger partial charge in [-0.25, -0.2) is 5.10 Å². The maximum Gasteiger partial charge on any atom is 0.285 e. The molecule has 6 nitrogen and oxygen atoms in total. The molecule has 0 aliphatic carbocycles. The van der Waals surface area contributed by atoms with Crippen LogP contribution in [0.5, 0.6) is 0 Å². The van der Waals surface area contributed by atoms with Gasteiger partial charge >= 0.3 is 0 Å². The molecule has 0 saturated carbocycles. The number of aromatic amines is 1. The van der Waals surface area contributed by atoms with Crippen molar-refractivity contribution in [3.8, 4) is 0 Å². The van der Waals surface area contributed by atoms with Crippen LogP contribution in [0.3, 0.4) is 0 Å². The number of rotatable bonds is 7. The molecule has 1 aromatic rings. The predicted molar refractivity (Wildman–Crippen MR) is 65.8 cm³/mol. The van der Waals surface area contributed by atoms with E-state index in [1.807, 2.05) is 4.90 Å². The lowest BCUT2D eigenvalue weighted by Crippen LogP contribution is -2.32. The van der Waals surface area contributed by atoms with Gasteiger partial charge < -0.3 is 14.4 Å². The van der Waals surface area contributed by atoms with E-state index in [1.165, 1.54) is 6.20 Å². The highest BCUT2D eigenvalue weighted by atomic mass is 35.5. The number of ether oxygens (including phenoxy) is 2. The van der Waals surface area contributed by atoms with Crippen LogP contribution >= 0.6 is 11.6 Å². The van der Waals surface area contributed by atoms with E-state index >= 15 is 0 Å². The fraction of sp³-hybridized carbons (Fsp3) is 0.600. The Morgan fingerprint density at radius 3 is 2.47 bits per heavy atom. The summed E-state index contributed by atoms with van der Waals surface area (Å²) in [6.07, 6.45) is 1.52. The molecule has 1 rings (SSSR count). The Balaban J connectivity index is 2.86. The molecule has 0 spiro atoms. The summed E-state index contributed by atoms with van der Waals surface area (Å²) in [5.74, 6) is 0. The lowest BCUT2D eigenvalue weighted by atomic mass is 10.3. The molecule has 0 aliphatic heterocycles. The van der Waals surface area contributed by atoms with Crippen LogP contribution < -0.4 is 10.5 Å². The van der Waals surface area contributed by atoms with Crippen molar-refractivity contribution in [2.75, 3.05) is 45.4 Å². The normalized spacial score (nSPS) is 10.5. The van der Waals surface area contributed by atoms with Crippen LogP contribution in [0.25, 0.3) is 0 Å².